The van der Waals surface area contributed by atoms with Crippen molar-refractivity contribution in [1.29, 1.82) is 0 Å². The number of pyridine rings is 1. The molecule has 20 heavy (non-hydrogen) atoms. The summed E-state index contributed by atoms with van der Waals surface area (Å²) in [7, 11) is 0. The Hall–Kier alpha value is -1.53. The number of aromatic nitrogens is 3. The zero-order chi connectivity index (χ0) is 14.1. The SMILES string of the molecule is Cc1nc2c(c(=O)[nH]1)CN(Cc1ccc(Br)nc1)CC2. The molecule has 0 amide bonds. The smallest absolute Gasteiger partial charge is 0.255 e. The molecule has 0 saturated carbocycles. The Morgan fingerprint density at radius 3 is 3.05 bits per heavy atom. The van der Waals surface area contributed by atoms with Crippen LogP contribution in [0.4, 0.5) is 0 Å². The molecule has 6 heteroatoms. The van der Waals surface area contributed by atoms with E-state index in [-0.39, 0.29) is 5.56 Å². The highest BCUT2D eigenvalue weighted by molar-refractivity contribution is 9.10. The molecule has 0 radical (unpaired) electrons. The van der Waals surface area contributed by atoms with E-state index in [1.807, 2.05) is 25.3 Å². The third kappa shape index (κ3) is 2.81. The minimum atomic E-state index is -0.00821. The van der Waals surface area contributed by atoms with Gasteiger partial charge in [-0.05, 0) is 34.5 Å². The van der Waals surface area contributed by atoms with Crippen molar-refractivity contribution in [3.8, 4) is 0 Å². The Balaban J connectivity index is 1.79. The number of H-pyrrole nitrogens is 1. The topological polar surface area (TPSA) is 61.9 Å². The summed E-state index contributed by atoms with van der Waals surface area (Å²) < 4.78 is 0.835. The number of nitrogens with one attached hydrogen (secondary N) is 1. The van der Waals surface area contributed by atoms with E-state index in [1.54, 1.807) is 0 Å². The molecule has 0 aliphatic carbocycles. The van der Waals surface area contributed by atoms with Gasteiger partial charge in [0, 0.05) is 32.3 Å². The molecule has 0 spiro atoms. The second-order valence-corrected chi connectivity index (χ2v) is 5.84. The summed E-state index contributed by atoms with van der Waals surface area (Å²) in [5.74, 6) is 0.694. The molecular formula is C14H15BrN4O. The maximum Gasteiger partial charge on any atom is 0.255 e. The van der Waals surface area contributed by atoms with Crippen molar-refractivity contribution in [2.45, 2.75) is 26.4 Å². The van der Waals surface area contributed by atoms with Crippen molar-refractivity contribution in [3.63, 3.8) is 0 Å². The van der Waals surface area contributed by atoms with Gasteiger partial charge in [-0.25, -0.2) is 9.97 Å². The van der Waals surface area contributed by atoms with E-state index in [1.165, 1.54) is 0 Å². The summed E-state index contributed by atoms with van der Waals surface area (Å²) >= 11 is 3.33. The van der Waals surface area contributed by atoms with E-state index in [2.05, 4.69) is 35.8 Å². The van der Waals surface area contributed by atoms with Gasteiger partial charge in [0.2, 0.25) is 0 Å². The molecule has 104 valence electrons. The molecule has 0 aromatic carbocycles. The molecule has 3 rings (SSSR count). The zero-order valence-corrected chi connectivity index (χ0v) is 12.8. The van der Waals surface area contributed by atoms with Gasteiger partial charge in [-0.15, -0.1) is 0 Å². The normalized spacial score (nSPS) is 15.1. The fourth-order valence-corrected chi connectivity index (χ4v) is 2.73. The van der Waals surface area contributed by atoms with Crippen LogP contribution in [-0.2, 0) is 19.5 Å². The van der Waals surface area contributed by atoms with Gasteiger partial charge >= 0.3 is 0 Å². The fourth-order valence-electron chi connectivity index (χ4n) is 2.50. The number of fused-ring (bicyclic) bond motifs is 1. The fraction of sp³-hybridized carbons (Fsp3) is 0.357. The van der Waals surface area contributed by atoms with Gasteiger partial charge in [-0.3, -0.25) is 9.69 Å². The molecule has 2 aromatic heterocycles. The van der Waals surface area contributed by atoms with Crippen molar-refractivity contribution < 1.29 is 0 Å². The molecule has 5 nitrogen and oxygen atoms in total. The average molecular weight is 335 g/mol. The summed E-state index contributed by atoms with van der Waals surface area (Å²) in [6.45, 7) is 4.18. The Kier molecular flexibility index (Phi) is 3.67. The van der Waals surface area contributed by atoms with E-state index in [0.717, 1.165) is 40.9 Å². The highest BCUT2D eigenvalue weighted by Crippen LogP contribution is 2.16. The molecule has 1 N–H and O–H groups in total. The number of halogens is 1. The van der Waals surface area contributed by atoms with Crippen LogP contribution in [0.1, 0.15) is 22.6 Å². The summed E-state index contributed by atoms with van der Waals surface area (Å²) in [4.78, 5) is 25.7. The quantitative estimate of drug-likeness (QED) is 0.850. The van der Waals surface area contributed by atoms with Gasteiger partial charge in [0.05, 0.1) is 11.3 Å². The van der Waals surface area contributed by atoms with Crippen molar-refractivity contribution in [1.82, 2.24) is 19.9 Å². The number of nitrogens with zero attached hydrogens (tertiary/aromatic N) is 3. The van der Waals surface area contributed by atoms with Crippen molar-refractivity contribution in [2.75, 3.05) is 6.54 Å². The summed E-state index contributed by atoms with van der Waals surface area (Å²) in [6.07, 6.45) is 2.68. The molecule has 0 bridgehead atoms. The minimum Gasteiger partial charge on any atom is -0.310 e. The Bertz CT molecular complexity index is 681. The van der Waals surface area contributed by atoms with Gasteiger partial charge in [0.1, 0.15) is 10.4 Å². The minimum absolute atomic E-state index is 0.00821. The molecule has 0 fully saturated rings. The monoisotopic (exact) mass is 334 g/mol. The van der Waals surface area contributed by atoms with E-state index >= 15 is 0 Å². The van der Waals surface area contributed by atoms with Crippen LogP contribution in [0.2, 0.25) is 0 Å². The van der Waals surface area contributed by atoms with Crippen molar-refractivity contribution in [3.05, 3.63) is 55.9 Å². The third-order valence-electron chi connectivity index (χ3n) is 3.46. The Morgan fingerprint density at radius 1 is 1.45 bits per heavy atom. The van der Waals surface area contributed by atoms with Crippen LogP contribution in [0.15, 0.2) is 27.7 Å². The number of aromatic amines is 1. The highest BCUT2D eigenvalue weighted by atomic mass is 79.9. The molecule has 0 saturated heterocycles. The molecule has 0 unspecified atom stereocenters. The van der Waals surface area contributed by atoms with E-state index < -0.39 is 0 Å². The maximum atomic E-state index is 12.0. The highest BCUT2D eigenvalue weighted by Gasteiger charge is 2.20. The second kappa shape index (κ2) is 5.46. The average Bonchev–Trinajstić information content (AvgIpc) is 2.42. The van der Waals surface area contributed by atoms with Crippen molar-refractivity contribution >= 4 is 15.9 Å². The first kappa shape index (κ1) is 13.5. The number of rotatable bonds is 2. The first-order valence-corrected chi connectivity index (χ1v) is 7.32. The van der Waals surface area contributed by atoms with Crippen molar-refractivity contribution in [2.24, 2.45) is 0 Å². The number of hydrogen-bond donors (Lipinski definition) is 1. The molecule has 3 heterocycles. The predicted molar refractivity (Wildman–Crippen MR) is 79.3 cm³/mol. The van der Waals surface area contributed by atoms with E-state index in [4.69, 9.17) is 0 Å². The van der Waals surface area contributed by atoms with Gasteiger partial charge in [0.25, 0.3) is 5.56 Å². The maximum absolute atomic E-state index is 12.0. The Morgan fingerprint density at radius 2 is 2.30 bits per heavy atom. The van der Waals surface area contributed by atoms with Gasteiger partial charge < -0.3 is 4.98 Å². The first-order chi connectivity index (χ1) is 9.61. The predicted octanol–water partition coefficient (Wildman–Crippen LogP) is 1.79. The molecule has 0 atom stereocenters. The molecule has 1 aliphatic rings. The summed E-state index contributed by atoms with van der Waals surface area (Å²) in [5.41, 5.74) is 2.88. The lowest BCUT2D eigenvalue weighted by Gasteiger charge is -2.27. The van der Waals surface area contributed by atoms with Crippen LogP contribution in [0, 0.1) is 6.92 Å². The lowest BCUT2D eigenvalue weighted by atomic mass is 10.1. The van der Waals surface area contributed by atoms with Crippen LogP contribution in [0.3, 0.4) is 0 Å². The Labute approximate surface area is 125 Å². The number of aryl methyl sites for hydroxylation is 1. The van der Waals surface area contributed by atoms with Gasteiger partial charge in [-0.2, -0.15) is 0 Å². The van der Waals surface area contributed by atoms with Crippen LogP contribution >= 0.6 is 15.9 Å². The molecule has 2 aromatic rings. The molecular weight excluding hydrogens is 320 g/mol. The second-order valence-electron chi connectivity index (χ2n) is 5.03. The lowest BCUT2D eigenvalue weighted by Crippen LogP contribution is -2.35. The lowest BCUT2D eigenvalue weighted by molar-refractivity contribution is 0.241. The van der Waals surface area contributed by atoms with Crippen LogP contribution in [0.5, 0.6) is 0 Å². The largest absolute Gasteiger partial charge is 0.310 e. The third-order valence-corrected chi connectivity index (χ3v) is 3.93. The summed E-state index contributed by atoms with van der Waals surface area (Å²) in [6, 6.07) is 3.98. The standard InChI is InChI=1S/C14H15BrN4O/c1-9-17-12-4-5-19(8-11(12)14(20)18-9)7-10-2-3-13(15)16-6-10/h2-3,6H,4-5,7-8H2,1H3,(H,17,18,20). The van der Waals surface area contributed by atoms with Crippen LogP contribution in [0.25, 0.3) is 0 Å². The zero-order valence-electron chi connectivity index (χ0n) is 11.2. The van der Waals surface area contributed by atoms with E-state index in [0.29, 0.717) is 12.4 Å². The molecule has 1 aliphatic heterocycles. The van der Waals surface area contributed by atoms with Gasteiger partial charge in [-0.1, -0.05) is 6.07 Å². The van der Waals surface area contributed by atoms with Crippen LogP contribution < -0.4 is 5.56 Å². The first-order valence-electron chi connectivity index (χ1n) is 6.53. The van der Waals surface area contributed by atoms with E-state index in [9.17, 15) is 4.79 Å². The number of hydrogen-bond acceptors (Lipinski definition) is 4. The van der Waals surface area contributed by atoms with Gasteiger partial charge in [0.15, 0.2) is 0 Å². The summed E-state index contributed by atoms with van der Waals surface area (Å²) in [5, 5.41) is 0. The van der Waals surface area contributed by atoms with Crippen LogP contribution in [-0.4, -0.2) is 26.4 Å².